The predicted molar refractivity (Wildman–Crippen MR) is 85.3 cm³/mol. The van der Waals surface area contributed by atoms with Crippen molar-refractivity contribution < 1.29 is 9.53 Å². The van der Waals surface area contributed by atoms with Crippen LogP contribution in [-0.4, -0.2) is 19.6 Å². The van der Waals surface area contributed by atoms with E-state index in [9.17, 15) is 4.79 Å². The molecular weight excluding hydrogens is 276 g/mol. The van der Waals surface area contributed by atoms with Crippen molar-refractivity contribution in [2.75, 3.05) is 18.6 Å². The molecule has 0 saturated carbocycles. The van der Waals surface area contributed by atoms with E-state index in [1.165, 1.54) is 0 Å². The number of ether oxygens (including phenoxy) is 1. The molecule has 2 aromatic rings. The molecule has 0 unspecified atom stereocenters. The minimum absolute atomic E-state index is 0.00833. The Morgan fingerprint density at radius 1 is 1.18 bits per heavy atom. The van der Waals surface area contributed by atoms with Crippen LogP contribution in [0.15, 0.2) is 48.5 Å². The largest absolute Gasteiger partial charge is 0.479 e. The number of likely N-dealkylation sites (N-methyl/N-ethyl adjacent to an activating group) is 1. The number of amides is 1. The smallest absolute Gasteiger partial charge is 0.258 e. The van der Waals surface area contributed by atoms with Crippen molar-refractivity contribution in [3.8, 4) is 11.8 Å². The molecule has 108 valence electrons. The minimum Gasteiger partial charge on any atom is -0.479 e. The van der Waals surface area contributed by atoms with Crippen molar-refractivity contribution in [1.82, 2.24) is 0 Å². The van der Waals surface area contributed by atoms with E-state index >= 15 is 0 Å². The number of hydrogen-bond donors (Lipinski definition) is 0. The predicted octanol–water partition coefficient (Wildman–Crippen LogP) is 3.11. The van der Waals surface area contributed by atoms with Crippen LogP contribution >= 0.6 is 0 Å². The number of anilines is 1. The first-order chi connectivity index (χ1) is 10.7. The molecule has 1 amide bonds. The molecule has 0 spiro atoms. The Morgan fingerprint density at radius 3 is 2.64 bits per heavy atom. The third-order valence-corrected chi connectivity index (χ3v) is 3.59. The maximum Gasteiger partial charge on any atom is 0.258 e. The summed E-state index contributed by atoms with van der Waals surface area (Å²) in [7, 11) is 1.78. The van der Waals surface area contributed by atoms with Crippen LogP contribution in [0.5, 0.6) is 5.75 Å². The van der Waals surface area contributed by atoms with Crippen molar-refractivity contribution in [2.45, 2.75) is 0 Å². The lowest BCUT2D eigenvalue weighted by Gasteiger charge is -2.08. The van der Waals surface area contributed by atoms with E-state index in [1.54, 1.807) is 24.1 Å². The number of nitriles is 1. The Labute approximate surface area is 128 Å². The third-order valence-electron chi connectivity index (χ3n) is 3.59. The zero-order valence-electron chi connectivity index (χ0n) is 12.1. The van der Waals surface area contributed by atoms with Gasteiger partial charge < -0.3 is 9.64 Å². The van der Waals surface area contributed by atoms with Crippen LogP contribution in [0.25, 0.3) is 11.6 Å². The Hall–Kier alpha value is -3.06. The minimum atomic E-state index is -0.00833. The Bertz CT molecular complexity index is 785. The monoisotopic (exact) mass is 290 g/mol. The first kappa shape index (κ1) is 13.9. The SMILES string of the molecule is CN1C(=O)/C(=C\c2ccc(OCC#N)cc2)c2ccccc21. The van der Waals surface area contributed by atoms with Crippen LogP contribution in [0, 0.1) is 11.3 Å². The van der Waals surface area contributed by atoms with E-state index < -0.39 is 0 Å². The number of rotatable bonds is 3. The molecule has 0 atom stereocenters. The van der Waals surface area contributed by atoms with Crippen LogP contribution in [0.4, 0.5) is 5.69 Å². The fraction of sp³-hybridized carbons (Fsp3) is 0.111. The highest BCUT2D eigenvalue weighted by atomic mass is 16.5. The molecule has 4 heteroatoms. The summed E-state index contributed by atoms with van der Waals surface area (Å²) in [6, 6.07) is 17.0. The van der Waals surface area contributed by atoms with Gasteiger partial charge in [-0.3, -0.25) is 4.79 Å². The van der Waals surface area contributed by atoms with Crippen LogP contribution in [0.1, 0.15) is 11.1 Å². The first-order valence-electron chi connectivity index (χ1n) is 6.89. The summed E-state index contributed by atoms with van der Waals surface area (Å²) in [5.74, 6) is 0.630. The van der Waals surface area contributed by atoms with Crippen molar-refractivity contribution in [3.63, 3.8) is 0 Å². The quantitative estimate of drug-likeness (QED) is 0.816. The van der Waals surface area contributed by atoms with E-state index in [4.69, 9.17) is 10.00 Å². The van der Waals surface area contributed by atoms with E-state index in [1.807, 2.05) is 48.5 Å². The normalized spacial score (nSPS) is 14.8. The molecule has 0 aliphatic carbocycles. The summed E-state index contributed by atoms with van der Waals surface area (Å²) < 4.78 is 5.22. The average Bonchev–Trinajstić information content (AvgIpc) is 2.80. The lowest BCUT2D eigenvalue weighted by molar-refractivity contribution is -0.112. The summed E-state index contributed by atoms with van der Waals surface area (Å²) in [6.07, 6.45) is 1.87. The second-order valence-electron chi connectivity index (χ2n) is 4.96. The molecule has 0 radical (unpaired) electrons. The highest BCUT2D eigenvalue weighted by Gasteiger charge is 2.28. The number of para-hydroxylation sites is 1. The van der Waals surface area contributed by atoms with E-state index in [0.717, 1.165) is 16.8 Å². The maximum atomic E-state index is 12.4. The topological polar surface area (TPSA) is 53.3 Å². The van der Waals surface area contributed by atoms with Crippen LogP contribution in [-0.2, 0) is 4.79 Å². The number of benzene rings is 2. The van der Waals surface area contributed by atoms with Gasteiger partial charge in [-0.2, -0.15) is 5.26 Å². The van der Waals surface area contributed by atoms with Gasteiger partial charge in [0.25, 0.3) is 5.91 Å². The highest BCUT2D eigenvalue weighted by Crippen LogP contribution is 2.36. The molecule has 0 saturated heterocycles. The second-order valence-corrected chi connectivity index (χ2v) is 4.96. The summed E-state index contributed by atoms with van der Waals surface area (Å²) >= 11 is 0. The number of carbonyl (C=O) groups excluding carboxylic acids is 1. The van der Waals surface area contributed by atoms with Gasteiger partial charge in [0.05, 0.1) is 5.69 Å². The molecule has 0 N–H and O–H groups in total. The number of nitrogens with zero attached hydrogens (tertiary/aromatic N) is 2. The number of hydrogen-bond acceptors (Lipinski definition) is 3. The van der Waals surface area contributed by atoms with Crippen molar-refractivity contribution in [1.29, 1.82) is 5.26 Å². The number of fused-ring (bicyclic) bond motifs is 1. The lowest BCUT2D eigenvalue weighted by atomic mass is 10.0. The van der Waals surface area contributed by atoms with Crippen LogP contribution in [0.3, 0.4) is 0 Å². The third kappa shape index (κ3) is 2.45. The van der Waals surface area contributed by atoms with Gasteiger partial charge in [-0.25, -0.2) is 0 Å². The molecule has 1 aliphatic rings. The van der Waals surface area contributed by atoms with E-state index in [0.29, 0.717) is 11.3 Å². The van der Waals surface area contributed by atoms with Gasteiger partial charge >= 0.3 is 0 Å². The summed E-state index contributed by atoms with van der Waals surface area (Å²) in [5, 5.41) is 8.49. The molecule has 0 fully saturated rings. The molecular formula is C18H14N2O2. The standard InChI is InChI=1S/C18H14N2O2/c1-20-17-5-3-2-4-15(17)16(18(20)21)12-13-6-8-14(9-7-13)22-11-10-19/h2-9,12H,11H2,1H3/b16-12-. The van der Waals surface area contributed by atoms with Gasteiger partial charge in [-0.05, 0) is 29.8 Å². The fourth-order valence-electron chi connectivity index (χ4n) is 2.48. The molecule has 3 rings (SSSR count). The average molecular weight is 290 g/mol. The van der Waals surface area contributed by atoms with Gasteiger partial charge in [0.2, 0.25) is 0 Å². The van der Waals surface area contributed by atoms with Gasteiger partial charge in [0, 0.05) is 18.2 Å². The highest BCUT2D eigenvalue weighted by molar-refractivity contribution is 6.35. The molecule has 0 aromatic heterocycles. The van der Waals surface area contributed by atoms with Crippen LogP contribution in [0.2, 0.25) is 0 Å². The fourth-order valence-corrected chi connectivity index (χ4v) is 2.48. The summed E-state index contributed by atoms with van der Waals surface area (Å²) in [5.41, 5.74) is 3.47. The molecule has 22 heavy (non-hydrogen) atoms. The Kier molecular flexibility index (Phi) is 3.63. The van der Waals surface area contributed by atoms with Crippen molar-refractivity contribution >= 4 is 23.2 Å². The van der Waals surface area contributed by atoms with Gasteiger partial charge in [0.15, 0.2) is 6.61 Å². The molecule has 1 aliphatic heterocycles. The Morgan fingerprint density at radius 2 is 1.91 bits per heavy atom. The van der Waals surface area contributed by atoms with Crippen molar-refractivity contribution in [2.24, 2.45) is 0 Å². The number of carbonyl (C=O) groups is 1. The summed E-state index contributed by atoms with van der Waals surface area (Å²) in [6.45, 7) is 0.0249. The second kappa shape index (κ2) is 5.74. The van der Waals surface area contributed by atoms with Crippen LogP contribution < -0.4 is 9.64 Å². The molecule has 0 bridgehead atoms. The van der Waals surface area contributed by atoms with E-state index in [-0.39, 0.29) is 12.5 Å². The zero-order valence-corrected chi connectivity index (χ0v) is 12.1. The Balaban J connectivity index is 1.92. The first-order valence-corrected chi connectivity index (χ1v) is 6.89. The molecule has 1 heterocycles. The van der Waals surface area contributed by atoms with Gasteiger partial charge in [0.1, 0.15) is 11.8 Å². The van der Waals surface area contributed by atoms with Crippen molar-refractivity contribution in [3.05, 3.63) is 59.7 Å². The van der Waals surface area contributed by atoms with Gasteiger partial charge in [-0.1, -0.05) is 30.3 Å². The maximum absolute atomic E-state index is 12.4. The van der Waals surface area contributed by atoms with E-state index in [2.05, 4.69) is 0 Å². The lowest BCUT2D eigenvalue weighted by Crippen LogP contribution is -2.20. The molecule has 2 aromatic carbocycles. The zero-order chi connectivity index (χ0) is 15.5. The molecule has 4 nitrogen and oxygen atoms in total. The summed E-state index contributed by atoms with van der Waals surface area (Å²) in [4.78, 5) is 14.0. The van der Waals surface area contributed by atoms with Gasteiger partial charge in [-0.15, -0.1) is 0 Å².